The topological polar surface area (TPSA) is 68.6 Å². The van der Waals surface area contributed by atoms with Crippen molar-refractivity contribution in [2.75, 3.05) is 13.7 Å². The van der Waals surface area contributed by atoms with Crippen LogP contribution in [-0.4, -0.2) is 26.0 Å². The van der Waals surface area contributed by atoms with Gasteiger partial charge in [-0.1, -0.05) is 0 Å². The largest absolute Gasteiger partial charge is 0.573 e. The van der Waals surface area contributed by atoms with Gasteiger partial charge in [-0.15, -0.1) is 13.2 Å². The highest BCUT2D eigenvalue weighted by Crippen LogP contribution is 2.33. The van der Waals surface area contributed by atoms with E-state index in [4.69, 9.17) is 10.00 Å². The van der Waals surface area contributed by atoms with Crippen molar-refractivity contribution in [3.8, 4) is 17.6 Å². The second-order valence-electron chi connectivity index (χ2n) is 3.79. The van der Waals surface area contributed by atoms with Crippen LogP contribution in [0.5, 0.6) is 11.5 Å². The van der Waals surface area contributed by atoms with Crippen molar-refractivity contribution >= 4 is 5.97 Å². The first-order valence-corrected chi connectivity index (χ1v) is 5.83. The summed E-state index contributed by atoms with van der Waals surface area (Å²) in [7, 11) is 1.23. The lowest BCUT2D eigenvalue weighted by Gasteiger charge is -2.15. The molecule has 0 N–H and O–H groups in total. The van der Waals surface area contributed by atoms with Gasteiger partial charge in [0.25, 0.3) is 0 Å². The number of esters is 1. The minimum absolute atomic E-state index is 0.0124. The van der Waals surface area contributed by atoms with Gasteiger partial charge in [0.2, 0.25) is 0 Å². The number of methoxy groups -OCH3 is 1. The number of hydrogen-bond donors (Lipinski definition) is 0. The molecule has 114 valence electrons. The van der Waals surface area contributed by atoms with Crippen LogP contribution in [-0.2, 0) is 16.0 Å². The molecule has 8 heteroatoms. The lowest BCUT2D eigenvalue weighted by molar-refractivity contribution is -0.275. The van der Waals surface area contributed by atoms with Gasteiger partial charge in [0.05, 0.1) is 31.8 Å². The molecule has 1 aromatic rings. The first kappa shape index (κ1) is 16.6. The van der Waals surface area contributed by atoms with Crippen LogP contribution in [0.15, 0.2) is 12.1 Å². The van der Waals surface area contributed by atoms with Gasteiger partial charge < -0.3 is 14.2 Å². The Morgan fingerprint density at radius 1 is 1.38 bits per heavy atom. The summed E-state index contributed by atoms with van der Waals surface area (Å²) in [6.07, 6.45) is -5.46. The fraction of sp³-hybridized carbons (Fsp3) is 0.385. The number of carbonyl (C=O) groups excluding carboxylic acids is 1. The molecule has 0 aliphatic rings. The summed E-state index contributed by atoms with van der Waals surface area (Å²) < 4.78 is 50.6. The molecule has 5 nitrogen and oxygen atoms in total. The molecule has 0 fully saturated rings. The summed E-state index contributed by atoms with van der Waals surface area (Å²) in [4.78, 5) is 11.5. The summed E-state index contributed by atoms with van der Waals surface area (Å²) >= 11 is 0. The Bertz CT molecular complexity index is 564. The van der Waals surface area contributed by atoms with E-state index in [0.29, 0.717) is 0 Å². The third-order valence-corrected chi connectivity index (χ3v) is 2.39. The molecule has 0 amide bonds. The number of alkyl halides is 3. The van der Waals surface area contributed by atoms with Crippen molar-refractivity contribution in [3.63, 3.8) is 0 Å². The Morgan fingerprint density at radius 3 is 2.52 bits per heavy atom. The van der Waals surface area contributed by atoms with Crippen LogP contribution >= 0.6 is 0 Å². The minimum Gasteiger partial charge on any atom is -0.497 e. The van der Waals surface area contributed by atoms with E-state index in [1.165, 1.54) is 13.2 Å². The first-order chi connectivity index (χ1) is 9.80. The van der Waals surface area contributed by atoms with Crippen LogP contribution in [0, 0.1) is 11.3 Å². The van der Waals surface area contributed by atoms with E-state index in [2.05, 4.69) is 9.47 Å². The number of carbonyl (C=O) groups is 1. The highest BCUT2D eigenvalue weighted by Gasteiger charge is 2.33. The molecule has 0 radical (unpaired) electrons. The van der Waals surface area contributed by atoms with Crippen molar-refractivity contribution in [1.82, 2.24) is 0 Å². The van der Waals surface area contributed by atoms with Gasteiger partial charge in [0.1, 0.15) is 11.5 Å². The number of benzene rings is 1. The van der Waals surface area contributed by atoms with E-state index in [1.807, 2.05) is 0 Å². The standard InChI is InChI=1S/C13H12F3NO4/c1-3-20-12(18)6-10-8(7-17)4-9(19-2)5-11(10)21-13(14,15)16/h4-5H,3,6H2,1-2H3. The van der Waals surface area contributed by atoms with Crippen molar-refractivity contribution in [2.24, 2.45) is 0 Å². The highest BCUT2D eigenvalue weighted by atomic mass is 19.4. The fourth-order valence-electron chi connectivity index (χ4n) is 1.59. The lowest BCUT2D eigenvalue weighted by atomic mass is 10.0. The average Bonchev–Trinajstić information content (AvgIpc) is 2.39. The summed E-state index contributed by atoms with van der Waals surface area (Å²) in [6, 6.07) is 3.89. The summed E-state index contributed by atoms with van der Waals surface area (Å²) in [5.41, 5.74) is -0.351. The molecule has 0 saturated heterocycles. The second kappa shape index (κ2) is 6.83. The Labute approximate surface area is 118 Å². The molecule has 0 aromatic heterocycles. The Balaban J connectivity index is 3.29. The predicted molar refractivity (Wildman–Crippen MR) is 64.7 cm³/mol. The molecule has 1 rings (SSSR count). The lowest BCUT2D eigenvalue weighted by Crippen LogP contribution is -2.19. The van der Waals surface area contributed by atoms with Crippen LogP contribution in [0.4, 0.5) is 13.2 Å². The van der Waals surface area contributed by atoms with Gasteiger partial charge in [-0.05, 0) is 13.0 Å². The van der Waals surface area contributed by atoms with Crippen LogP contribution in [0.3, 0.4) is 0 Å². The maximum Gasteiger partial charge on any atom is 0.573 e. The number of nitrogens with zero attached hydrogens (tertiary/aromatic N) is 1. The molecule has 0 bridgehead atoms. The van der Waals surface area contributed by atoms with Gasteiger partial charge >= 0.3 is 12.3 Å². The molecule has 1 aromatic carbocycles. The van der Waals surface area contributed by atoms with Gasteiger partial charge in [0.15, 0.2) is 0 Å². The zero-order valence-electron chi connectivity index (χ0n) is 11.3. The number of rotatable bonds is 5. The number of halogens is 3. The van der Waals surface area contributed by atoms with Crippen molar-refractivity contribution in [3.05, 3.63) is 23.3 Å². The molecule has 0 saturated carbocycles. The molecule has 0 aliphatic heterocycles. The third kappa shape index (κ3) is 4.87. The zero-order chi connectivity index (χ0) is 16.0. The molecule has 21 heavy (non-hydrogen) atoms. The summed E-state index contributed by atoms with van der Waals surface area (Å²) in [5.74, 6) is -1.41. The van der Waals surface area contributed by atoms with Crippen molar-refractivity contribution in [1.29, 1.82) is 5.26 Å². The van der Waals surface area contributed by atoms with E-state index in [9.17, 15) is 18.0 Å². The third-order valence-electron chi connectivity index (χ3n) is 2.39. The molecule has 0 unspecified atom stereocenters. The van der Waals surface area contributed by atoms with E-state index in [1.54, 1.807) is 13.0 Å². The van der Waals surface area contributed by atoms with Crippen molar-refractivity contribution < 1.29 is 32.2 Å². The quantitative estimate of drug-likeness (QED) is 0.782. The minimum atomic E-state index is -4.96. The van der Waals surface area contributed by atoms with Crippen LogP contribution in [0.2, 0.25) is 0 Å². The molecule has 0 spiro atoms. The Hall–Kier alpha value is -2.43. The first-order valence-electron chi connectivity index (χ1n) is 5.83. The number of ether oxygens (including phenoxy) is 3. The molecular weight excluding hydrogens is 291 g/mol. The van der Waals surface area contributed by atoms with E-state index in [-0.39, 0.29) is 23.5 Å². The highest BCUT2D eigenvalue weighted by molar-refractivity contribution is 5.75. The van der Waals surface area contributed by atoms with Gasteiger partial charge in [-0.2, -0.15) is 5.26 Å². The van der Waals surface area contributed by atoms with E-state index >= 15 is 0 Å². The van der Waals surface area contributed by atoms with Gasteiger partial charge in [-0.25, -0.2) is 0 Å². The Kier molecular flexibility index (Phi) is 5.41. The monoisotopic (exact) mass is 303 g/mol. The number of nitriles is 1. The maximum atomic E-state index is 12.4. The SMILES string of the molecule is CCOC(=O)Cc1c(C#N)cc(OC)cc1OC(F)(F)F. The van der Waals surface area contributed by atoms with E-state index < -0.39 is 24.5 Å². The summed E-state index contributed by atoms with van der Waals surface area (Å²) in [6.45, 7) is 1.64. The normalized spacial score (nSPS) is 10.7. The van der Waals surface area contributed by atoms with E-state index in [0.717, 1.165) is 6.07 Å². The molecule has 0 heterocycles. The Morgan fingerprint density at radius 2 is 2.05 bits per heavy atom. The summed E-state index contributed by atoms with van der Waals surface area (Å²) in [5, 5.41) is 9.01. The van der Waals surface area contributed by atoms with Crippen molar-refractivity contribution in [2.45, 2.75) is 19.7 Å². The average molecular weight is 303 g/mol. The fourth-order valence-corrected chi connectivity index (χ4v) is 1.59. The smallest absolute Gasteiger partial charge is 0.497 e. The predicted octanol–water partition coefficient (Wildman–Crippen LogP) is 2.57. The van der Waals surface area contributed by atoms with Crippen LogP contribution in [0.25, 0.3) is 0 Å². The number of hydrogen-bond acceptors (Lipinski definition) is 5. The molecule has 0 atom stereocenters. The van der Waals surface area contributed by atoms with Gasteiger partial charge in [-0.3, -0.25) is 4.79 Å². The van der Waals surface area contributed by atoms with Crippen LogP contribution < -0.4 is 9.47 Å². The van der Waals surface area contributed by atoms with Crippen LogP contribution in [0.1, 0.15) is 18.1 Å². The molecule has 0 aliphatic carbocycles. The maximum absolute atomic E-state index is 12.4. The second-order valence-corrected chi connectivity index (χ2v) is 3.79. The van der Waals surface area contributed by atoms with Gasteiger partial charge in [0, 0.05) is 11.6 Å². The molecular formula is C13H12F3NO4. The zero-order valence-corrected chi connectivity index (χ0v) is 11.3.